The third-order valence-corrected chi connectivity index (χ3v) is 3.35. The zero-order valence-corrected chi connectivity index (χ0v) is 12.7. The van der Waals surface area contributed by atoms with Gasteiger partial charge in [-0.05, 0) is 37.5 Å². The lowest BCUT2D eigenvalue weighted by molar-refractivity contribution is -0.120. The average molecular weight is 301 g/mol. The largest absolute Gasteiger partial charge is 0.405 e. The van der Waals surface area contributed by atoms with Gasteiger partial charge in [0.05, 0.1) is 0 Å². The third kappa shape index (κ3) is 5.19. The molecule has 2 rings (SSSR count). The lowest BCUT2D eigenvalue weighted by Gasteiger charge is -2.25. The lowest BCUT2D eigenvalue weighted by Crippen LogP contribution is -2.36. The second-order valence-electron chi connectivity index (χ2n) is 5.98. The minimum atomic E-state index is -4.20. The molecule has 0 aliphatic heterocycles. The van der Waals surface area contributed by atoms with Gasteiger partial charge in [-0.1, -0.05) is 13.8 Å². The number of rotatable bonds is 6. The highest BCUT2D eigenvalue weighted by Gasteiger charge is 2.38. The number of alkyl halides is 3. The normalized spacial score (nSPS) is 15.6. The monoisotopic (exact) mass is 301 g/mol. The number of halogens is 3. The van der Waals surface area contributed by atoms with Gasteiger partial charge in [0.2, 0.25) is 0 Å². The summed E-state index contributed by atoms with van der Waals surface area (Å²) in [4.78, 5) is 5.70. The summed E-state index contributed by atoms with van der Waals surface area (Å²) < 4.78 is 38.3. The highest BCUT2D eigenvalue weighted by atomic mass is 19.4. The Balaban J connectivity index is 2.19. The molecule has 1 aliphatic carbocycles. The van der Waals surface area contributed by atoms with E-state index in [0.29, 0.717) is 18.4 Å². The molecule has 1 N–H and O–H groups in total. The first-order chi connectivity index (χ1) is 9.74. The maximum Gasteiger partial charge on any atom is 0.405 e. The van der Waals surface area contributed by atoms with Crippen LogP contribution < -0.4 is 10.2 Å². The van der Waals surface area contributed by atoms with Gasteiger partial charge >= 0.3 is 6.18 Å². The standard InChI is InChI=1S/C15H22F3N3/c1-10(2)19-8-12-6-11(3)20-14(7-12)21(13-4-5-13)9-15(16,17)18/h6-7,10,13,19H,4-5,8-9H2,1-3H3. The first-order valence-electron chi connectivity index (χ1n) is 7.29. The molecule has 1 aliphatic rings. The average Bonchev–Trinajstić information content (AvgIpc) is 3.16. The molecular weight excluding hydrogens is 279 g/mol. The molecule has 0 amide bonds. The molecular formula is C15H22F3N3. The van der Waals surface area contributed by atoms with Crippen LogP contribution in [0.5, 0.6) is 0 Å². The lowest BCUT2D eigenvalue weighted by atomic mass is 10.2. The molecule has 3 nitrogen and oxygen atoms in total. The number of aromatic nitrogens is 1. The Labute approximate surface area is 123 Å². The molecule has 1 aromatic heterocycles. The molecule has 0 unspecified atom stereocenters. The van der Waals surface area contributed by atoms with Gasteiger partial charge in [0.25, 0.3) is 0 Å². The molecule has 0 saturated heterocycles. The third-order valence-electron chi connectivity index (χ3n) is 3.35. The minimum Gasteiger partial charge on any atom is -0.345 e. The van der Waals surface area contributed by atoms with Gasteiger partial charge in [-0.3, -0.25) is 0 Å². The van der Waals surface area contributed by atoms with E-state index in [9.17, 15) is 13.2 Å². The highest BCUT2D eigenvalue weighted by Crippen LogP contribution is 2.34. The Morgan fingerprint density at radius 1 is 1.33 bits per heavy atom. The first-order valence-corrected chi connectivity index (χ1v) is 7.29. The molecule has 0 bridgehead atoms. The van der Waals surface area contributed by atoms with Crippen molar-refractivity contribution in [1.29, 1.82) is 0 Å². The van der Waals surface area contributed by atoms with Gasteiger partial charge in [-0.15, -0.1) is 0 Å². The number of aryl methyl sites for hydroxylation is 1. The van der Waals surface area contributed by atoms with Crippen molar-refractivity contribution in [3.8, 4) is 0 Å². The van der Waals surface area contributed by atoms with E-state index in [1.807, 2.05) is 26.8 Å². The number of anilines is 1. The quantitative estimate of drug-likeness (QED) is 0.872. The Morgan fingerprint density at radius 3 is 2.52 bits per heavy atom. The van der Waals surface area contributed by atoms with Crippen molar-refractivity contribution in [2.75, 3.05) is 11.4 Å². The van der Waals surface area contributed by atoms with Crippen LogP contribution in [0.15, 0.2) is 12.1 Å². The molecule has 1 saturated carbocycles. The minimum absolute atomic E-state index is 0.0215. The molecule has 21 heavy (non-hydrogen) atoms. The second kappa shape index (κ2) is 6.22. The van der Waals surface area contributed by atoms with Gasteiger partial charge in [-0.2, -0.15) is 13.2 Å². The summed E-state index contributed by atoms with van der Waals surface area (Å²) in [6.45, 7) is 5.61. The highest BCUT2D eigenvalue weighted by molar-refractivity contribution is 5.45. The maximum absolute atomic E-state index is 12.8. The van der Waals surface area contributed by atoms with Crippen molar-refractivity contribution in [3.63, 3.8) is 0 Å². The number of pyridine rings is 1. The molecule has 6 heteroatoms. The van der Waals surface area contributed by atoms with Crippen LogP contribution in [-0.2, 0) is 6.54 Å². The number of hydrogen-bond acceptors (Lipinski definition) is 3. The van der Waals surface area contributed by atoms with E-state index in [-0.39, 0.29) is 6.04 Å². The van der Waals surface area contributed by atoms with E-state index in [1.165, 1.54) is 4.90 Å². The van der Waals surface area contributed by atoms with Crippen LogP contribution >= 0.6 is 0 Å². The van der Waals surface area contributed by atoms with E-state index in [2.05, 4.69) is 10.3 Å². The summed E-state index contributed by atoms with van der Waals surface area (Å²) in [6.07, 6.45) is -2.58. The maximum atomic E-state index is 12.8. The van der Waals surface area contributed by atoms with Gasteiger partial charge in [0.1, 0.15) is 12.4 Å². The number of hydrogen-bond donors (Lipinski definition) is 1. The van der Waals surface area contributed by atoms with Crippen LogP contribution in [0.4, 0.5) is 19.0 Å². The molecule has 0 radical (unpaired) electrons. The molecule has 1 heterocycles. The fourth-order valence-electron chi connectivity index (χ4n) is 2.27. The Morgan fingerprint density at radius 2 is 2.00 bits per heavy atom. The van der Waals surface area contributed by atoms with Crippen LogP contribution in [0.25, 0.3) is 0 Å². The number of nitrogens with zero attached hydrogens (tertiary/aromatic N) is 2. The van der Waals surface area contributed by atoms with Gasteiger partial charge in [-0.25, -0.2) is 4.98 Å². The summed E-state index contributed by atoms with van der Waals surface area (Å²) in [6, 6.07) is 3.99. The van der Waals surface area contributed by atoms with Crippen molar-refractivity contribution in [3.05, 3.63) is 23.4 Å². The van der Waals surface area contributed by atoms with Crippen LogP contribution in [0.3, 0.4) is 0 Å². The molecule has 0 spiro atoms. The SMILES string of the molecule is Cc1cc(CNC(C)C)cc(N(CC(F)(F)F)C2CC2)n1. The molecule has 0 aromatic carbocycles. The van der Waals surface area contributed by atoms with Gasteiger partial charge < -0.3 is 10.2 Å². The van der Waals surface area contributed by atoms with Crippen LogP contribution in [0, 0.1) is 6.92 Å². The van der Waals surface area contributed by atoms with Crippen molar-refractivity contribution in [2.24, 2.45) is 0 Å². The zero-order chi connectivity index (χ0) is 15.6. The second-order valence-corrected chi connectivity index (χ2v) is 5.98. The number of nitrogens with one attached hydrogen (secondary N) is 1. The molecule has 0 atom stereocenters. The van der Waals surface area contributed by atoms with Crippen molar-refractivity contribution in [1.82, 2.24) is 10.3 Å². The Kier molecular flexibility index (Phi) is 4.76. The molecule has 1 aromatic rings. The van der Waals surface area contributed by atoms with E-state index >= 15 is 0 Å². The summed E-state index contributed by atoms with van der Waals surface area (Å²) in [5, 5.41) is 3.28. The first kappa shape index (κ1) is 16.1. The predicted octanol–water partition coefficient (Wildman–Crippen LogP) is 3.42. The fourth-order valence-corrected chi connectivity index (χ4v) is 2.27. The smallest absolute Gasteiger partial charge is 0.345 e. The van der Waals surface area contributed by atoms with E-state index in [1.54, 1.807) is 6.07 Å². The summed E-state index contributed by atoms with van der Waals surface area (Å²) in [5.41, 5.74) is 1.72. The predicted molar refractivity (Wildman–Crippen MR) is 77.4 cm³/mol. The van der Waals surface area contributed by atoms with Gasteiger partial charge in [0, 0.05) is 24.3 Å². The van der Waals surface area contributed by atoms with E-state index in [0.717, 1.165) is 24.1 Å². The topological polar surface area (TPSA) is 28.2 Å². The van der Waals surface area contributed by atoms with E-state index in [4.69, 9.17) is 0 Å². The van der Waals surface area contributed by atoms with Gasteiger partial charge in [0.15, 0.2) is 0 Å². The Hall–Kier alpha value is -1.30. The summed E-state index contributed by atoms with van der Waals surface area (Å²) >= 11 is 0. The summed E-state index contributed by atoms with van der Waals surface area (Å²) in [7, 11) is 0. The molecule has 118 valence electrons. The molecule has 1 fully saturated rings. The van der Waals surface area contributed by atoms with E-state index < -0.39 is 12.7 Å². The summed E-state index contributed by atoms with van der Waals surface area (Å²) in [5.74, 6) is 0.440. The fraction of sp³-hybridized carbons (Fsp3) is 0.667. The van der Waals surface area contributed by atoms with Crippen molar-refractivity contribution >= 4 is 5.82 Å². The van der Waals surface area contributed by atoms with Crippen molar-refractivity contribution < 1.29 is 13.2 Å². The van der Waals surface area contributed by atoms with Crippen LogP contribution in [0.2, 0.25) is 0 Å². The van der Waals surface area contributed by atoms with Crippen LogP contribution in [0.1, 0.15) is 37.9 Å². The zero-order valence-electron chi connectivity index (χ0n) is 12.7. The van der Waals surface area contributed by atoms with Crippen molar-refractivity contribution in [2.45, 2.75) is 58.4 Å². The van der Waals surface area contributed by atoms with Crippen LogP contribution in [-0.4, -0.2) is 29.8 Å². The Bertz CT molecular complexity index is 482.